The van der Waals surface area contributed by atoms with Crippen LogP contribution < -0.4 is 5.73 Å². The highest BCUT2D eigenvalue weighted by Crippen LogP contribution is 2.10. The maximum Gasteiger partial charge on any atom is 0.410 e. The number of benzene rings is 1. The predicted octanol–water partition coefficient (Wildman–Crippen LogP) is 0.509. The minimum absolute atomic E-state index is 0.121. The van der Waals surface area contributed by atoms with Gasteiger partial charge < -0.3 is 15.2 Å². The lowest BCUT2D eigenvalue weighted by Gasteiger charge is -2.32. The maximum atomic E-state index is 11.9. The van der Waals surface area contributed by atoms with Crippen LogP contribution in [-0.4, -0.2) is 42.7 Å². The van der Waals surface area contributed by atoms with E-state index in [4.69, 9.17) is 15.2 Å². The van der Waals surface area contributed by atoms with Gasteiger partial charge in [0.2, 0.25) is 5.91 Å². The van der Waals surface area contributed by atoms with E-state index in [2.05, 4.69) is 0 Å². The van der Waals surface area contributed by atoms with Gasteiger partial charge in [-0.1, -0.05) is 30.3 Å². The molecule has 6 heteroatoms. The van der Waals surface area contributed by atoms with E-state index in [-0.39, 0.29) is 13.2 Å². The second-order valence-corrected chi connectivity index (χ2v) is 4.23. The molecule has 19 heavy (non-hydrogen) atoms. The first-order chi connectivity index (χ1) is 9.18. The van der Waals surface area contributed by atoms with E-state index in [1.165, 1.54) is 4.90 Å². The van der Waals surface area contributed by atoms with E-state index in [0.29, 0.717) is 13.2 Å². The van der Waals surface area contributed by atoms with Gasteiger partial charge in [0.1, 0.15) is 12.6 Å². The van der Waals surface area contributed by atoms with Crippen LogP contribution in [0.2, 0.25) is 0 Å². The van der Waals surface area contributed by atoms with Crippen molar-refractivity contribution in [3.8, 4) is 0 Å². The highest BCUT2D eigenvalue weighted by molar-refractivity contribution is 5.84. The van der Waals surface area contributed by atoms with Crippen LogP contribution in [0.4, 0.5) is 4.79 Å². The fourth-order valence-electron chi connectivity index (χ4n) is 1.86. The summed E-state index contributed by atoms with van der Waals surface area (Å²) < 4.78 is 10.3. The summed E-state index contributed by atoms with van der Waals surface area (Å²) in [5, 5.41) is 0. The second-order valence-electron chi connectivity index (χ2n) is 4.23. The van der Waals surface area contributed by atoms with Gasteiger partial charge in [0.05, 0.1) is 13.2 Å². The Morgan fingerprint density at radius 1 is 1.37 bits per heavy atom. The summed E-state index contributed by atoms with van der Waals surface area (Å²) in [5.41, 5.74) is 6.12. The molecule has 0 radical (unpaired) electrons. The minimum atomic E-state index is -0.753. The molecule has 0 aromatic heterocycles. The van der Waals surface area contributed by atoms with Crippen molar-refractivity contribution in [2.45, 2.75) is 12.6 Å². The smallest absolute Gasteiger partial charge is 0.410 e. The van der Waals surface area contributed by atoms with Crippen LogP contribution in [0.25, 0.3) is 0 Å². The number of carbonyl (C=O) groups is 2. The average molecular weight is 264 g/mol. The van der Waals surface area contributed by atoms with E-state index in [0.717, 1.165) is 5.56 Å². The number of rotatable bonds is 3. The van der Waals surface area contributed by atoms with Crippen LogP contribution in [0.5, 0.6) is 0 Å². The molecule has 0 bridgehead atoms. The molecule has 2 N–H and O–H groups in total. The number of morpholine rings is 1. The molecule has 6 nitrogen and oxygen atoms in total. The molecule has 1 aromatic carbocycles. The minimum Gasteiger partial charge on any atom is -0.445 e. The monoisotopic (exact) mass is 264 g/mol. The van der Waals surface area contributed by atoms with E-state index >= 15 is 0 Å². The first-order valence-corrected chi connectivity index (χ1v) is 6.03. The van der Waals surface area contributed by atoms with Crippen molar-refractivity contribution in [3.63, 3.8) is 0 Å². The zero-order valence-corrected chi connectivity index (χ0v) is 10.5. The Hall–Kier alpha value is -2.08. The molecule has 2 rings (SSSR count). The highest BCUT2D eigenvalue weighted by atomic mass is 16.6. The Balaban J connectivity index is 1.93. The van der Waals surface area contributed by atoms with Crippen molar-refractivity contribution >= 4 is 12.0 Å². The van der Waals surface area contributed by atoms with Gasteiger partial charge in [-0.3, -0.25) is 9.69 Å². The molecule has 0 aliphatic carbocycles. The topological polar surface area (TPSA) is 81.9 Å². The Morgan fingerprint density at radius 3 is 2.79 bits per heavy atom. The first kappa shape index (κ1) is 13.4. The lowest BCUT2D eigenvalue weighted by molar-refractivity contribution is -0.128. The fourth-order valence-corrected chi connectivity index (χ4v) is 1.86. The third-order valence-electron chi connectivity index (χ3n) is 2.90. The summed E-state index contributed by atoms with van der Waals surface area (Å²) >= 11 is 0. The number of ether oxygens (including phenoxy) is 2. The van der Waals surface area contributed by atoms with Gasteiger partial charge in [-0.15, -0.1) is 0 Å². The number of nitrogens with two attached hydrogens (primary N) is 1. The summed E-state index contributed by atoms with van der Waals surface area (Å²) in [6.45, 7) is 0.976. The summed E-state index contributed by atoms with van der Waals surface area (Å²) in [6.07, 6.45) is -0.545. The molecule has 1 aromatic rings. The van der Waals surface area contributed by atoms with Gasteiger partial charge in [-0.25, -0.2) is 4.79 Å². The van der Waals surface area contributed by atoms with Gasteiger partial charge in [-0.05, 0) is 5.56 Å². The Kier molecular flexibility index (Phi) is 4.35. The van der Waals surface area contributed by atoms with Crippen molar-refractivity contribution in [1.82, 2.24) is 4.90 Å². The van der Waals surface area contributed by atoms with Gasteiger partial charge in [0.25, 0.3) is 0 Å². The average Bonchev–Trinajstić information content (AvgIpc) is 2.46. The number of hydrogen-bond donors (Lipinski definition) is 1. The molecule has 0 spiro atoms. The quantitative estimate of drug-likeness (QED) is 0.862. The lowest BCUT2D eigenvalue weighted by Crippen LogP contribution is -2.54. The van der Waals surface area contributed by atoms with Crippen LogP contribution in [0.3, 0.4) is 0 Å². The number of primary amides is 1. The van der Waals surface area contributed by atoms with Gasteiger partial charge in [-0.2, -0.15) is 0 Å². The Labute approximate surface area is 111 Å². The largest absolute Gasteiger partial charge is 0.445 e. The van der Waals surface area contributed by atoms with Crippen molar-refractivity contribution in [1.29, 1.82) is 0 Å². The molecule has 1 fully saturated rings. The van der Waals surface area contributed by atoms with Crippen LogP contribution >= 0.6 is 0 Å². The fraction of sp³-hybridized carbons (Fsp3) is 0.385. The molecule has 1 aliphatic rings. The zero-order chi connectivity index (χ0) is 13.7. The van der Waals surface area contributed by atoms with Crippen molar-refractivity contribution < 1.29 is 19.1 Å². The summed E-state index contributed by atoms with van der Waals surface area (Å²) in [7, 11) is 0. The number of amides is 2. The van der Waals surface area contributed by atoms with E-state index in [9.17, 15) is 9.59 Å². The Bertz CT molecular complexity index is 449. The molecular formula is C13H16N2O4. The molecule has 102 valence electrons. The van der Waals surface area contributed by atoms with Crippen molar-refractivity contribution in [3.05, 3.63) is 35.9 Å². The van der Waals surface area contributed by atoms with Gasteiger partial charge >= 0.3 is 6.09 Å². The molecule has 1 atom stereocenters. The van der Waals surface area contributed by atoms with Crippen LogP contribution in [0.15, 0.2) is 30.3 Å². The SMILES string of the molecule is NC(=O)[C@H]1COCCN1C(=O)OCc1ccccc1. The molecule has 2 amide bonds. The molecular weight excluding hydrogens is 248 g/mol. The second kappa shape index (κ2) is 6.19. The predicted molar refractivity (Wildman–Crippen MR) is 67.1 cm³/mol. The van der Waals surface area contributed by atoms with Crippen LogP contribution in [0, 0.1) is 0 Å². The third kappa shape index (κ3) is 3.45. The number of hydrogen-bond acceptors (Lipinski definition) is 4. The molecule has 0 saturated carbocycles. The molecule has 1 saturated heterocycles. The third-order valence-corrected chi connectivity index (χ3v) is 2.90. The standard InChI is InChI=1S/C13H16N2O4/c14-12(16)11-9-18-7-6-15(11)13(17)19-8-10-4-2-1-3-5-10/h1-5,11H,6-9H2,(H2,14,16)/t11-/m1/s1. The van der Waals surface area contributed by atoms with Crippen molar-refractivity contribution in [2.24, 2.45) is 5.73 Å². The first-order valence-electron chi connectivity index (χ1n) is 6.03. The summed E-state index contributed by atoms with van der Waals surface area (Å²) in [6, 6.07) is 8.58. The van der Waals surface area contributed by atoms with Gasteiger partial charge in [0.15, 0.2) is 0 Å². The number of carbonyl (C=O) groups excluding carboxylic acids is 2. The van der Waals surface area contributed by atoms with Gasteiger partial charge in [0, 0.05) is 6.54 Å². The number of nitrogens with zero attached hydrogens (tertiary/aromatic N) is 1. The lowest BCUT2D eigenvalue weighted by atomic mass is 10.2. The molecule has 1 aliphatic heterocycles. The van der Waals surface area contributed by atoms with E-state index in [1.807, 2.05) is 30.3 Å². The Morgan fingerprint density at radius 2 is 2.11 bits per heavy atom. The summed E-state index contributed by atoms with van der Waals surface area (Å²) in [5.74, 6) is -0.587. The van der Waals surface area contributed by atoms with Crippen LogP contribution in [-0.2, 0) is 20.9 Å². The maximum absolute atomic E-state index is 11.9. The van der Waals surface area contributed by atoms with Crippen LogP contribution in [0.1, 0.15) is 5.56 Å². The highest BCUT2D eigenvalue weighted by Gasteiger charge is 2.32. The molecule has 0 unspecified atom stereocenters. The van der Waals surface area contributed by atoms with Crippen molar-refractivity contribution in [2.75, 3.05) is 19.8 Å². The van der Waals surface area contributed by atoms with E-state index in [1.54, 1.807) is 0 Å². The summed E-state index contributed by atoms with van der Waals surface area (Å²) in [4.78, 5) is 24.5. The van der Waals surface area contributed by atoms with E-state index < -0.39 is 18.0 Å². The molecule has 1 heterocycles. The zero-order valence-electron chi connectivity index (χ0n) is 10.5. The normalized spacial score (nSPS) is 18.9.